The number of fused-ring (bicyclic) bond motifs is 1. The average molecular weight is 412 g/mol. The molecule has 0 atom stereocenters. The minimum Gasteiger partial charge on any atom is -0.478 e. The van der Waals surface area contributed by atoms with E-state index in [1.807, 2.05) is 0 Å². The van der Waals surface area contributed by atoms with Crippen molar-refractivity contribution in [2.24, 2.45) is 0 Å². The fraction of sp³-hybridized carbons (Fsp3) is 0.238. The number of hydrogen-bond acceptors (Lipinski definition) is 6. The first kappa shape index (κ1) is 20.8. The van der Waals surface area contributed by atoms with Gasteiger partial charge >= 0.3 is 11.9 Å². The van der Waals surface area contributed by atoms with Crippen LogP contribution in [-0.2, 0) is 14.3 Å². The number of nitrogens with one attached hydrogen (secondary N) is 1. The summed E-state index contributed by atoms with van der Waals surface area (Å²) in [5.74, 6) is -2.58. The summed E-state index contributed by atoms with van der Waals surface area (Å²) in [5.41, 5.74) is -0.603. The monoisotopic (exact) mass is 412 g/mol. The second-order valence-electron chi connectivity index (χ2n) is 7.08. The van der Waals surface area contributed by atoms with E-state index in [0.29, 0.717) is 0 Å². The fourth-order valence-corrected chi connectivity index (χ4v) is 3.08. The molecule has 0 saturated carbocycles. The van der Waals surface area contributed by atoms with E-state index in [1.54, 1.807) is 18.2 Å². The quantitative estimate of drug-likeness (QED) is 0.723. The van der Waals surface area contributed by atoms with E-state index in [0.717, 1.165) is 0 Å². The number of aromatic carboxylic acids is 1. The SMILES string of the molecule is COC(=O)c1ccccc1NC(=O)CN1C(=O)C(C)(C)Oc2cc(C(=O)O)ccc21. The Kier molecular flexibility index (Phi) is 5.46. The molecule has 0 saturated heterocycles. The van der Waals surface area contributed by atoms with Crippen LogP contribution in [0.3, 0.4) is 0 Å². The maximum absolute atomic E-state index is 12.9. The van der Waals surface area contributed by atoms with Crippen LogP contribution >= 0.6 is 0 Å². The minimum atomic E-state index is -1.30. The van der Waals surface area contributed by atoms with Gasteiger partial charge in [-0.25, -0.2) is 9.59 Å². The lowest BCUT2D eigenvalue weighted by molar-refractivity contribution is -0.133. The Morgan fingerprint density at radius 3 is 2.53 bits per heavy atom. The number of rotatable bonds is 5. The number of esters is 1. The fourth-order valence-electron chi connectivity index (χ4n) is 3.08. The van der Waals surface area contributed by atoms with Crippen molar-refractivity contribution in [1.29, 1.82) is 0 Å². The number of para-hydroxylation sites is 1. The van der Waals surface area contributed by atoms with Gasteiger partial charge in [0.15, 0.2) is 5.60 Å². The second-order valence-corrected chi connectivity index (χ2v) is 7.08. The number of amides is 2. The van der Waals surface area contributed by atoms with E-state index in [2.05, 4.69) is 5.32 Å². The zero-order valence-corrected chi connectivity index (χ0v) is 16.6. The normalized spacial score (nSPS) is 14.4. The molecule has 0 unspecified atom stereocenters. The molecule has 0 aliphatic carbocycles. The molecule has 156 valence electrons. The third-order valence-electron chi connectivity index (χ3n) is 4.53. The van der Waals surface area contributed by atoms with Crippen molar-refractivity contribution in [3.63, 3.8) is 0 Å². The lowest BCUT2D eigenvalue weighted by Crippen LogP contribution is -2.54. The van der Waals surface area contributed by atoms with Crippen LogP contribution in [0.2, 0.25) is 0 Å². The molecule has 2 amide bonds. The summed E-state index contributed by atoms with van der Waals surface area (Å²) in [7, 11) is 1.23. The van der Waals surface area contributed by atoms with Crippen molar-refractivity contribution < 1.29 is 33.8 Å². The number of hydrogen-bond donors (Lipinski definition) is 2. The summed E-state index contributed by atoms with van der Waals surface area (Å²) < 4.78 is 10.4. The predicted octanol–water partition coefficient (Wildman–Crippen LogP) is 2.31. The van der Waals surface area contributed by atoms with Gasteiger partial charge in [-0.05, 0) is 44.2 Å². The van der Waals surface area contributed by atoms with Crippen LogP contribution in [0.4, 0.5) is 11.4 Å². The summed E-state index contributed by atoms with van der Waals surface area (Å²) in [6.07, 6.45) is 0. The zero-order valence-electron chi connectivity index (χ0n) is 16.6. The maximum Gasteiger partial charge on any atom is 0.339 e. The molecule has 1 aliphatic heterocycles. The zero-order chi connectivity index (χ0) is 22.1. The first-order valence-electron chi connectivity index (χ1n) is 8.99. The molecule has 1 aliphatic rings. The van der Waals surface area contributed by atoms with Crippen LogP contribution in [-0.4, -0.2) is 48.1 Å². The van der Waals surface area contributed by atoms with E-state index in [-0.39, 0.29) is 34.8 Å². The standard InChI is InChI=1S/C21H20N2O7/c1-21(2)20(28)23(15-9-8-12(18(25)26)10-16(15)30-21)11-17(24)22-14-7-5-4-6-13(14)19(27)29-3/h4-10H,11H2,1-3H3,(H,22,24)(H,25,26). The van der Waals surface area contributed by atoms with Gasteiger partial charge in [0.1, 0.15) is 12.3 Å². The summed E-state index contributed by atoms with van der Waals surface area (Å²) in [5, 5.41) is 11.8. The predicted molar refractivity (Wildman–Crippen MR) is 107 cm³/mol. The summed E-state index contributed by atoms with van der Waals surface area (Å²) in [4.78, 5) is 49.9. The number of carboxylic acid groups (broad SMARTS) is 1. The van der Waals surface area contributed by atoms with Crippen molar-refractivity contribution in [1.82, 2.24) is 0 Å². The minimum absolute atomic E-state index is 0.00435. The number of carbonyl (C=O) groups is 4. The van der Waals surface area contributed by atoms with Gasteiger partial charge in [0, 0.05) is 0 Å². The smallest absolute Gasteiger partial charge is 0.339 e. The molecule has 9 heteroatoms. The van der Waals surface area contributed by atoms with Gasteiger partial charge in [-0.2, -0.15) is 0 Å². The van der Waals surface area contributed by atoms with Crippen LogP contribution in [0.1, 0.15) is 34.6 Å². The number of carboxylic acids is 1. The Bertz CT molecular complexity index is 1050. The van der Waals surface area contributed by atoms with Gasteiger partial charge < -0.3 is 19.9 Å². The van der Waals surface area contributed by atoms with E-state index in [1.165, 1.54) is 50.1 Å². The Balaban J connectivity index is 1.89. The maximum atomic E-state index is 12.9. The van der Waals surface area contributed by atoms with Crippen LogP contribution < -0.4 is 15.0 Å². The van der Waals surface area contributed by atoms with Crippen molar-refractivity contribution >= 4 is 35.1 Å². The van der Waals surface area contributed by atoms with Gasteiger partial charge in [-0.3, -0.25) is 14.5 Å². The average Bonchev–Trinajstić information content (AvgIpc) is 2.70. The molecule has 9 nitrogen and oxygen atoms in total. The van der Waals surface area contributed by atoms with E-state index in [9.17, 15) is 24.3 Å². The van der Waals surface area contributed by atoms with Crippen LogP contribution in [0.15, 0.2) is 42.5 Å². The topological polar surface area (TPSA) is 122 Å². The van der Waals surface area contributed by atoms with Gasteiger partial charge in [-0.15, -0.1) is 0 Å². The lowest BCUT2D eigenvalue weighted by atomic mass is 10.0. The first-order valence-corrected chi connectivity index (χ1v) is 8.99. The molecule has 0 aromatic heterocycles. The Hall–Kier alpha value is -3.88. The number of benzene rings is 2. The van der Waals surface area contributed by atoms with Crippen LogP contribution in [0.5, 0.6) is 5.75 Å². The second kappa shape index (κ2) is 7.86. The molecule has 0 radical (unpaired) electrons. The molecule has 2 aromatic rings. The molecule has 0 bridgehead atoms. The highest BCUT2D eigenvalue weighted by molar-refractivity contribution is 6.09. The summed E-state index contributed by atoms with van der Waals surface area (Å²) in [6.45, 7) is 2.70. The molecule has 2 aromatic carbocycles. The van der Waals surface area contributed by atoms with Crippen molar-refractivity contribution in [2.45, 2.75) is 19.4 Å². The Morgan fingerprint density at radius 2 is 1.87 bits per heavy atom. The Morgan fingerprint density at radius 1 is 1.17 bits per heavy atom. The number of carbonyl (C=O) groups excluding carboxylic acids is 3. The molecule has 0 fully saturated rings. The number of nitrogens with zero attached hydrogens (tertiary/aromatic N) is 1. The third kappa shape index (κ3) is 3.95. The molecule has 2 N–H and O–H groups in total. The summed E-state index contributed by atoms with van der Waals surface area (Å²) >= 11 is 0. The summed E-state index contributed by atoms with van der Waals surface area (Å²) in [6, 6.07) is 10.4. The van der Waals surface area contributed by atoms with Crippen molar-refractivity contribution in [2.75, 3.05) is 23.9 Å². The highest BCUT2D eigenvalue weighted by Gasteiger charge is 2.42. The van der Waals surface area contributed by atoms with E-state index in [4.69, 9.17) is 9.47 Å². The molecule has 0 spiro atoms. The highest BCUT2D eigenvalue weighted by atomic mass is 16.5. The highest BCUT2D eigenvalue weighted by Crippen LogP contribution is 2.38. The van der Waals surface area contributed by atoms with E-state index >= 15 is 0 Å². The van der Waals surface area contributed by atoms with E-state index < -0.39 is 29.4 Å². The number of methoxy groups -OCH3 is 1. The Labute approximate surface area is 172 Å². The van der Waals surface area contributed by atoms with Gasteiger partial charge in [0.05, 0.1) is 29.6 Å². The lowest BCUT2D eigenvalue weighted by Gasteiger charge is -2.38. The number of ether oxygens (including phenoxy) is 2. The van der Waals surface area contributed by atoms with Gasteiger partial charge in [0.25, 0.3) is 5.91 Å². The van der Waals surface area contributed by atoms with Gasteiger partial charge in [0.2, 0.25) is 5.91 Å². The third-order valence-corrected chi connectivity index (χ3v) is 4.53. The van der Waals surface area contributed by atoms with Crippen LogP contribution in [0.25, 0.3) is 0 Å². The number of anilines is 2. The van der Waals surface area contributed by atoms with Crippen LogP contribution in [0, 0.1) is 0 Å². The molecular formula is C21H20N2O7. The molecule has 3 rings (SSSR count). The molecule has 30 heavy (non-hydrogen) atoms. The first-order chi connectivity index (χ1) is 14.1. The van der Waals surface area contributed by atoms with Crippen molar-refractivity contribution in [3.8, 4) is 5.75 Å². The largest absolute Gasteiger partial charge is 0.478 e. The van der Waals surface area contributed by atoms with Crippen molar-refractivity contribution in [3.05, 3.63) is 53.6 Å². The molecule has 1 heterocycles. The van der Waals surface area contributed by atoms with Gasteiger partial charge in [-0.1, -0.05) is 12.1 Å². The molecular weight excluding hydrogens is 392 g/mol.